The van der Waals surface area contributed by atoms with Crippen LogP contribution in [0.15, 0.2) is 0 Å². The third-order valence-electron chi connectivity index (χ3n) is 2.16. The van der Waals surface area contributed by atoms with Crippen LogP contribution < -0.4 is 4.72 Å². The van der Waals surface area contributed by atoms with E-state index < -0.39 is 33.8 Å². The van der Waals surface area contributed by atoms with E-state index in [-0.39, 0.29) is 11.8 Å². The van der Waals surface area contributed by atoms with Crippen LogP contribution in [0.5, 0.6) is 0 Å². The van der Waals surface area contributed by atoms with Crippen molar-refractivity contribution in [1.29, 1.82) is 0 Å². The Morgan fingerprint density at radius 2 is 1.84 bits per heavy atom. The van der Waals surface area contributed by atoms with Gasteiger partial charge in [-0.2, -0.15) is 0 Å². The molecule has 0 bridgehead atoms. The molecule has 0 heterocycles. The predicted molar refractivity (Wildman–Crippen MR) is 69.1 cm³/mol. The van der Waals surface area contributed by atoms with Crippen LogP contribution in [0.3, 0.4) is 0 Å². The van der Waals surface area contributed by atoms with E-state index in [9.17, 15) is 18.0 Å². The van der Waals surface area contributed by atoms with Crippen molar-refractivity contribution in [2.75, 3.05) is 12.9 Å². The fourth-order valence-corrected chi connectivity index (χ4v) is 2.80. The van der Waals surface area contributed by atoms with Crippen molar-refractivity contribution >= 4 is 22.0 Å². The summed E-state index contributed by atoms with van der Waals surface area (Å²) < 4.78 is 29.9. The fraction of sp³-hybridized carbons (Fsp3) is 0.818. The number of hydrogen-bond donors (Lipinski definition) is 2. The number of sulfonamides is 1. The highest BCUT2D eigenvalue weighted by atomic mass is 32.2. The minimum Gasteiger partial charge on any atom is -0.481 e. The topological polar surface area (TPSA) is 110 Å². The number of methoxy groups -OCH3 is 1. The molecule has 112 valence electrons. The average Bonchev–Trinajstić information content (AvgIpc) is 2.11. The molecule has 0 aliphatic carbocycles. The van der Waals surface area contributed by atoms with E-state index in [2.05, 4.69) is 9.46 Å². The van der Waals surface area contributed by atoms with Crippen LogP contribution in [-0.4, -0.2) is 44.4 Å². The average molecular weight is 295 g/mol. The monoisotopic (exact) mass is 295 g/mol. The Morgan fingerprint density at radius 3 is 2.21 bits per heavy atom. The molecule has 0 radical (unpaired) electrons. The van der Waals surface area contributed by atoms with Gasteiger partial charge in [0.05, 0.1) is 13.5 Å². The summed E-state index contributed by atoms with van der Waals surface area (Å²) in [7, 11) is -2.81. The van der Waals surface area contributed by atoms with E-state index in [1.54, 1.807) is 0 Å². The van der Waals surface area contributed by atoms with Crippen LogP contribution in [0.2, 0.25) is 0 Å². The first-order valence-electron chi connectivity index (χ1n) is 5.74. The largest absolute Gasteiger partial charge is 0.481 e. The molecule has 0 saturated carbocycles. The summed E-state index contributed by atoms with van der Waals surface area (Å²) in [6.07, 6.45) is 0.0113. The van der Waals surface area contributed by atoms with Crippen molar-refractivity contribution in [1.82, 2.24) is 4.72 Å². The predicted octanol–water partition coefficient (Wildman–Crippen LogP) is 0.358. The Morgan fingerprint density at radius 1 is 1.32 bits per heavy atom. The lowest BCUT2D eigenvalue weighted by Crippen LogP contribution is -2.41. The highest BCUT2D eigenvalue weighted by Gasteiger charge is 2.27. The smallest absolute Gasteiger partial charge is 0.322 e. The minimum absolute atomic E-state index is 0.242. The second-order valence-electron chi connectivity index (χ2n) is 5.51. The number of aliphatic carboxylic acids is 1. The van der Waals surface area contributed by atoms with E-state index in [0.717, 1.165) is 7.11 Å². The third kappa shape index (κ3) is 9.43. The van der Waals surface area contributed by atoms with Crippen LogP contribution in [-0.2, 0) is 24.3 Å². The number of rotatable bonds is 7. The number of esters is 1. The molecular weight excluding hydrogens is 274 g/mol. The van der Waals surface area contributed by atoms with Crippen LogP contribution >= 0.6 is 0 Å². The maximum absolute atomic E-state index is 11.7. The second-order valence-corrected chi connectivity index (χ2v) is 7.27. The molecule has 0 amide bonds. The van der Waals surface area contributed by atoms with Gasteiger partial charge in [-0.1, -0.05) is 20.8 Å². The van der Waals surface area contributed by atoms with Crippen molar-refractivity contribution in [3.05, 3.63) is 0 Å². The molecule has 0 aromatic carbocycles. The molecule has 8 heteroatoms. The van der Waals surface area contributed by atoms with Gasteiger partial charge in [0, 0.05) is 6.04 Å². The lowest BCUT2D eigenvalue weighted by Gasteiger charge is -2.25. The Kier molecular flexibility index (Phi) is 6.44. The Labute approximate surface area is 113 Å². The molecular formula is C11H21NO6S. The number of carboxylic acid groups (broad SMARTS) is 1. The van der Waals surface area contributed by atoms with Crippen molar-refractivity contribution in [3.63, 3.8) is 0 Å². The zero-order valence-electron chi connectivity index (χ0n) is 11.6. The van der Waals surface area contributed by atoms with Gasteiger partial charge in [0.25, 0.3) is 0 Å². The first-order chi connectivity index (χ1) is 8.45. The first kappa shape index (κ1) is 17.8. The number of ether oxygens (including phenoxy) is 1. The maximum Gasteiger partial charge on any atom is 0.322 e. The van der Waals surface area contributed by atoms with Crippen molar-refractivity contribution in [2.45, 2.75) is 39.7 Å². The van der Waals surface area contributed by atoms with Gasteiger partial charge in [-0.25, -0.2) is 13.1 Å². The molecule has 0 spiro atoms. The van der Waals surface area contributed by atoms with Gasteiger partial charge in [0.2, 0.25) is 10.0 Å². The molecule has 2 N–H and O–H groups in total. The summed E-state index contributed by atoms with van der Waals surface area (Å²) in [5, 5.41) is 8.78. The molecule has 0 aromatic heterocycles. The quantitative estimate of drug-likeness (QED) is 0.656. The second kappa shape index (κ2) is 6.85. The SMILES string of the molecule is COC(=O)CS(=O)(=O)NC(CC(=O)O)CC(C)(C)C. The number of carboxylic acids is 1. The van der Waals surface area contributed by atoms with Gasteiger partial charge in [0.1, 0.15) is 0 Å². The molecule has 1 unspecified atom stereocenters. The van der Waals surface area contributed by atoms with Crippen molar-refractivity contribution in [3.8, 4) is 0 Å². The van der Waals surface area contributed by atoms with E-state index in [1.165, 1.54) is 0 Å². The first-order valence-corrected chi connectivity index (χ1v) is 7.39. The van der Waals surface area contributed by atoms with Crippen LogP contribution in [0.4, 0.5) is 0 Å². The summed E-state index contributed by atoms with van der Waals surface area (Å²) in [6.45, 7) is 5.61. The van der Waals surface area contributed by atoms with Gasteiger partial charge in [-0.3, -0.25) is 9.59 Å². The van der Waals surface area contributed by atoms with E-state index in [1.807, 2.05) is 20.8 Å². The lowest BCUT2D eigenvalue weighted by atomic mass is 9.87. The standard InChI is InChI=1S/C11H21NO6S/c1-11(2,3)6-8(5-9(13)14)12-19(16,17)7-10(15)18-4/h8,12H,5-7H2,1-4H3,(H,13,14). The van der Waals surface area contributed by atoms with Gasteiger partial charge in [-0.05, 0) is 11.8 Å². The van der Waals surface area contributed by atoms with E-state index in [4.69, 9.17) is 5.11 Å². The molecule has 7 nitrogen and oxygen atoms in total. The number of nitrogens with one attached hydrogen (secondary N) is 1. The summed E-state index contributed by atoms with van der Waals surface area (Å²) in [4.78, 5) is 21.7. The molecule has 19 heavy (non-hydrogen) atoms. The zero-order chi connectivity index (χ0) is 15.3. The van der Waals surface area contributed by atoms with Crippen molar-refractivity contribution in [2.24, 2.45) is 5.41 Å². The normalized spacial score (nSPS) is 13.9. The van der Waals surface area contributed by atoms with Gasteiger partial charge >= 0.3 is 11.9 Å². The Bertz CT molecular complexity index is 423. The van der Waals surface area contributed by atoms with Gasteiger partial charge in [0.15, 0.2) is 5.75 Å². The molecule has 1 atom stereocenters. The summed E-state index contributed by atoms with van der Waals surface area (Å²) in [5.74, 6) is -2.81. The maximum atomic E-state index is 11.7. The fourth-order valence-electron chi connectivity index (χ4n) is 1.62. The van der Waals surface area contributed by atoms with Gasteiger partial charge in [-0.15, -0.1) is 0 Å². The van der Waals surface area contributed by atoms with Crippen molar-refractivity contribution < 1.29 is 27.9 Å². The Hall–Kier alpha value is -1.15. The highest BCUT2D eigenvalue weighted by Crippen LogP contribution is 2.22. The van der Waals surface area contributed by atoms with Gasteiger partial charge < -0.3 is 9.84 Å². The summed E-state index contributed by atoms with van der Waals surface area (Å²) in [6, 6.07) is -0.757. The highest BCUT2D eigenvalue weighted by molar-refractivity contribution is 7.90. The van der Waals surface area contributed by atoms with E-state index >= 15 is 0 Å². The van der Waals surface area contributed by atoms with E-state index in [0.29, 0.717) is 6.42 Å². The number of hydrogen-bond acceptors (Lipinski definition) is 5. The number of carbonyl (C=O) groups excluding carboxylic acids is 1. The molecule has 0 aliphatic heterocycles. The minimum atomic E-state index is -3.90. The third-order valence-corrected chi connectivity index (χ3v) is 3.47. The zero-order valence-corrected chi connectivity index (χ0v) is 12.4. The molecule has 0 aliphatic rings. The van der Waals surface area contributed by atoms with Crippen LogP contribution in [0, 0.1) is 5.41 Å². The van der Waals surface area contributed by atoms with Crippen LogP contribution in [0.25, 0.3) is 0 Å². The summed E-state index contributed by atoms with van der Waals surface area (Å²) >= 11 is 0. The van der Waals surface area contributed by atoms with Crippen LogP contribution in [0.1, 0.15) is 33.6 Å². The molecule has 0 aromatic rings. The Balaban J connectivity index is 4.80. The molecule has 0 rings (SSSR count). The number of carbonyl (C=O) groups is 2. The molecule has 0 fully saturated rings. The summed E-state index contributed by atoms with van der Waals surface area (Å²) in [5.41, 5.74) is -0.242. The lowest BCUT2D eigenvalue weighted by molar-refractivity contribution is -0.138. The molecule has 0 saturated heterocycles.